The van der Waals surface area contributed by atoms with Crippen molar-refractivity contribution in [2.45, 2.75) is 24.0 Å². The first kappa shape index (κ1) is 42.3. The van der Waals surface area contributed by atoms with Crippen LogP contribution in [0, 0.1) is 11.6 Å². The van der Waals surface area contributed by atoms with Crippen molar-refractivity contribution in [2.75, 3.05) is 0 Å². The molecular weight excluding hydrogens is 821 g/mol. The van der Waals surface area contributed by atoms with Crippen LogP contribution in [-0.2, 0) is 34.0 Å². The Balaban J connectivity index is 0.000000219. The van der Waals surface area contributed by atoms with Gasteiger partial charge in [-0.2, -0.15) is 64.8 Å². The van der Waals surface area contributed by atoms with E-state index in [0.29, 0.717) is 21.9 Å². The molecule has 6 aromatic heterocycles. The topological polar surface area (TPSA) is 224 Å². The Bertz CT molecular complexity index is 2670. The molecule has 0 aliphatic heterocycles. The molecule has 53 heavy (non-hydrogen) atoms. The van der Waals surface area contributed by atoms with Gasteiger partial charge in [-0.25, -0.2) is 23.7 Å². The maximum Gasteiger partial charge on any atom is 0.534 e. The third-order valence-corrected chi connectivity index (χ3v) is 9.35. The SMILES string of the molecule is C.O=S(=O)(OS(=O)(=O)C(F)(F)F)C(F)(F)F.O=S(=O)(Oc1cc2c(cn1)[nH]c1ncc(F)cc12)C(F)(F)F.O=c1cc2c(c[nH]1)[nH]c1ncc(F)cc12. The second-order valence-electron chi connectivity index (χ2n) is 9.39. The lowest BCUT2D eigenvalue weighted by atomic mass is 10.2. The molecule has 0 bridgehead atoms. The number of nitrogens with one attached hydrogen (secondary N) is 3. The summed E-state index contributed by atoms with van der Waals surface area (Å²) >= 11 is 0. The van der Waals surface area contributed by atoms with E-state index in [9.17, 15) is 78.3 Å². The number of aromatic nitrogens is 6. The summed E-state index contributed by atoms with van der Waals surface area (Å²) in [6.07, 6.45) is 4.71. The van der Waals surface area contributed by atoms with Gasteiger partial charge < -0.3 is 19.1 Å². The second kappa shape index (κ2) is 14.3. The number of aromatic amines is 3. The summed E-state index contributed by atoms with van der Waals surface area (Å²) in [5, 5.41) is 1.79. The van der Waals surface area contributed by atoms with Crippen LogP contribution in [0.5, 0.6) is 5.88 Å². The maximum absolute atomic E-state index is 13.2. The van der Waals surface area contributed by atoms with E-state index in [-0.39, 0.29) is 29.4 Å². The van der Waals surface area contributed by atoms with E-state index in [4.69, 9.17) is 0 Å². The van der Waals surface area contributed by atoms with Crippen LogP contribution in [0.4, 0.5) is 48.3 Å². The summed E-state index contributed by atoms with van der Waals surface area (Å²) < 4.78 is 199. The lowest BCUT2D eigenvalue weighted by Gasteiger charge is -2.09. The largest absolute Gasteiger partial charge is 0.534 e. The highest BCUT2D eigenvalue weighted by atomic mass is 32.3. The minimum atomic E-state index is -6.85. The minimum absolute atomic E-state index is 0. The lowest BCUT2D eigenvalue weighted by Crippen LogP contribution is -2.34. The molecule has 6 rings (SSSR count). The molecular formula is C24H15F11N6O9S3. The van der Waals surface area contributed by atoms with Gasteiger partial charge in [-0.05, 0) is 12.1 Å². The van der Waals surface area contributed by atoms with Crippen molar-refractivity contribution in [1.82, 2.24) is 29.9 Å². The molecule has 0 aromatic carbocycles. The van der Waals surface area contributed by atoms with Crippen LogP contribution in [0.3, 0.4) is 0 Å². The molecule has 0 radical (unpaired) electrons. The highest BCUT2D eigenvalue weighted by Crippen LogP contribution is 2.33. The van der Waals surface area contributed by atoms with Gasteiger partial charge in [-0.15, -0.1) is 3.63 Å². The Kier molecular flexibility index (Phi) is 11.4. The first-order chi connectivity index (χ1) is 23.6. The first-order valence-corrected chi connectivity index (χ1v) is 16.8. The van der Waals surface area contributed by atoms with E-state index in [1.165, 1.54) is 12.1 Å². The molecule has 0 spiro atoms. The van der Waals surface area contributed by atoms with Crippen LogP contribution < -0.4 is 9.74 Å². The van der Waals surface area contributed by atoms with Crippen molar-refractivity contribution in [2.24, 2.45) is 0 Å². The number of H-pyrrole nitrogens is 3. The molecule has 29 heteroatoms. The van der Waals surface area contributed by atoms with E-state index >= 15 is 0 Å². The number of fused-ring (bicyclic) bond motifs is 6. The molecule has 6 heterocycles. The summed E-state index contributed by atoms with van der Waals surface area (Å²) in [5.74, 6) is -1.85. The van der Waals surface area contributed by atoms with Gasteiger partial charge in [0.1, 0.15) is 22.9 Å². The van der Waals surface area contributed by atoms with E-state index in [0.717, 1.165) is 36.2 Å². The third kappa shape index (κ3) is 9.26. The second-order valence-corrected chi connectivity index (χ2v) is 14.2. The van der Waals surface area contributed by atoms with Crippen LogP contribution in [0.1, 0.15) is 7.43 Å². The van der Waals surface area contributed by atoms with Crippen molar-refractivity contribution in [3.05, 3.63) is 71.0 Å². The quantitative estimate of drug-likeness (QED) is 0.116. The average Bonchev–Trinajstić information content (AvgIpc) is 3.52. The van der Waals surface area contributed by atoms with E-state index in [1.54, 1.807) is 6.20 Å². The van der Waals surface area contributed by atoms with E-state index in [2.05, 4.69) is 34.1 Å². The number of halogens is 11. The monoisotopic (exact) mass is 836 g/mol. The average molecular weight is 837 g/mol. The third-order valence-electron chi connectivity index (χ3n) is 5.82. The lowest BCUT2D eigenvalue weighted by molar-refractivity contribution is -0.0586. The zero-order valence-corrected chi connectivity index (χ0v) is 26.5. The molecule has 0 saturated carbocycles. The summed E-state index contributed by atoms with van der Waals surface area (Å²) in [6.45, 7) is 0. The molecule has 0 atom stereocenters. The van der Waals surface area contributed by atoms with Crippen molar-refractivity contribution >= 4 is 74.2 Å². The van der Waals surface area contributed by atoms with Gasteiger partial charge in [-0.1, -0.05) is 7.43 Å². The van der Waals surface area contributed by atoms with Gasteiger partial charge in [0.15, 0.2) is 0 Å². The molecule has 0 saturated heterocycles. The standard InChI is InChI=1S/C11H5F4N3O3S.C10H6FN3O.C2F6O5S2.CH4/c12-5-1-7-6-2-9(21-22(19,20)11(13,14)15)16-4-8(6)18-10(7)17-3-5;11-5-1-7-6-2-9(15)12-4-8(6)14-10(7)13-3-5;3-1(4,5)14(9,10)13-15(11,12)2(6,7)8;/h1-4H,(H,17,18);1-4H,(H,12,15)(H,13,14);;1H4. The number of pyridine rings is 4. The maximum atomic E-state index is 13.2. The van der Waals surface area contributed by atoms with E-state index < -0.39 is 64.4 Å². The number of nitrogens with zero attached hydrogens (tertiary/aromatic N) is 3. The summed E-state index contributed by atoms with van der Waals surface area (Å²) in [4.78, 5) is 30.5. The summed E-state index contributed by atoms with van der Waals surface area (Å²) in [6, 6.07) is 4.84. The van der Waals surface area contributed by atoms with Crippen molar-refractivity contribution in [1.29, 1.82) is 0 Å². The Morgan fingerprint density at radius 1 is 0.566 bits per heavy atom. The fourth-order valence-corrected chi connectivity index (χ4v) is 5.67. The smallest absolute Gasteiger partial charge is 0.355 e. The van der Waals surface area contributed by atoms with Gasteiger partial charge in [-0.3, -0.25) is 4.79 Å². The molecule has 6 aromatic rings. The molecule has 290 valence electrons. The van der Waals surface area contributed by atoms with Gasteiger partial charge in [0.2, 0.25) is 11.4 Å². The van der Waals surface area contributed by atoms with Crippen molar-refractivity contribution in [3.8, 4) is 5.88 Å². The minimum Gasteiger partial charge on any atom is -0.355 e. The summed E-state index contributed by atoms with van der Waals surface area (Å²) in [5.41, 5.74) is -16.4. The Morgan fingerprint density at radius 2 is 1.00 bits per heavy atom. The fourth-order valence-electron chi connectivity index (χ4n) is 3.70. The van der Waals surface area contributed by atoms with Crippen LogP contribution in [0.2, 0.25) is 0 Å². The van der Waals surface area contributed by atoms with Gasteiger partial charge in [0.25, 0.3) is 0 Å². The number of rotatable bonds is 4. The highest BCUT2D eigenvalue weighted by Gasteiger charge is 2.57. The predicted octanol–water partition coefficient (Wildman–Crippen LogP) is 5.36. The van der Waals surface area contributed by atoms with Crippen LogP contribution in [-0.4, -0.2) is 71.7 Å². The molecule has 15 nitrogen and oxygen atoms in total. The normalized spacial score (nSPS) is 12.9. The molecule has 0 unspecified atom stereocenters. The first-order valence-electron chi connectivity index (χ1n) is 12.5. The van der Waals surface area contributed by atoms with Gasteiger partial charge in [0, 0.05) is 39.9 Å². The highest BCUT2D eigenvalue weighted by molar-refractivity contribution is 8.00. The predicted molar refractivity (Wildman–Crippen MR) is 159 cm³/mol. The molecule has 0 aliphatic carbocycles. The van der Waals surface area contributed by atoms with Crippen LogP contribution >= 0.6 is 0 Å². The van der Waals surface area contributed by atoms with Crippen LogP contribution in [0.25, 0.3) is 43.9 Å². The van der Waals surface area contributed by atoms with Crippen LogP contribution in [0.15, 0.2) is 53.8 Å². The van der Waals surface area contributed by atoms with Gasteiger partial charge >= 0.3 is 46.9 Å². The molecule has 0 aliphatic rings. The Morgan fingerprint density at radius 3 is 1.45 bits per heavy atom. The van der Waals surface area contributed by atoms with E-state index in [1.807, 2.05) is 3.63 Å². The van der Waals surface area contributed by atoms with Crippen molar-refractivity contribution < 1.29 is 81.4 Å². The number of alkyl halides is 9. The number of hydrogen-bond donors (Lipinski definition) is 3. The zero-order chi connectivity index (χ0) is 39.2. The van der Waals surface area contributed by atoms with Gasteiger partial charge in [0.05, 0.1) is 29.6 Å². The molecule has 3 N–H and O–H groups in total. The zero-order valence-electron chi connectivity index (χ0n) is 24.0. The Hall–Kier alpha value is -5.16. The summed E-state index contributed by atoms with van der Waals surface area (Å²) in [7, 11) is -19.5. The molecule has 0 amide bonds. The number of hydrogen-bond acceptors (Lipinski definition) is 12. The van der Waals surface area contributed by atoms with Crippen molar-refractivity contribution in [3.63, 3.8) is 0 Å². The Labute approximate surface area is 286 Å². The molecule has 0 fully saturated rings. The fraction of sp³-hybridized carbons (Fsp3) is 0.167.